The van der Waals surface area contributed by atoms with Crippen LogP contribution in [0.1, 0.15) is 40.9 Å². The van der Waals surface area contributed by atoms with Crippen LogP contribution in [0.15, 0.2) is 54.9 Å². The van der Waals surface area contributed by atoms with Crippen LogP contribution in [-0.2, 0) is 6.54 Å². The van der Waals surface area contributed by atoms with Gasteiger partial charge in [-0.1, -0.05) is 18.2 Å². The zero-order valence-corrected chi connectivity index (χ0v) is 16.1. The van der Waals surface area contributed by atoms with Gasteiger partial charge in [0.05, 0.1) is 16.9 Å². The number of carbonyl (C=O) groups excluding carboxylic acids is 1. The molecule has 28 heavy (non-hydrogen) atoms. The summed E-state index contributed by atoms with van der Waals surface area (Å²) < 4.78 is 1.88. The highest BCUT2D eigenvalue weighted by Crippen LogP contribution is 2.20. The average Bonchev–Trinajstić information content (AvgIpc) is 3.19. The third-order valence-corrected chi connectivity index (χ3v) is 5.09. The number of pyridine rings is 1. The highest BCUT2D eigenvalue weighted by atomic mass is 16.2. The number of likely N-dealkylation sites (tertiary alicyclic amines) is 1. The number of aromatic nitrogens is 3. The van der Waals surface area contributed by atoms with Crippen LogP contribution in [0.25, 0.3) is 5.69 Å². The van der Waals surface area contributed by atoms with E-state index in [9.17, 15) is 4.79 Å². The zero-order chi connectivity index (χ0) is 19.3. The van der Waals surface area contributed by atoms with Gasteiger partial charge < -0.3 is 10.2 Å². The third kappa shape index (κ3) is 3.91. The molecule has 144 valence electrons. The summed E-state index contributed by atoms with van der Waals surface area (Å²) in [5, 5.41) is 7.88. The quantitative estimate of drug-likeness (QED) is 0.736. The Kier molecular flexibility index (Phi) is 5.37. The van der Waals surface area contributed by atoms with Gasteiger partial charge in [0.25, 0.3) is 5.91 Å². The number of piperidine rings is 1. The molecule has 0 atom stereocenters. The molecule has 1 saturated heterocycles. The minimum atomic E-state index is 0.0614. The fourth-order valence-electron chi connectivity index (χ4n) is 3.60. The predicted molar refractivity (Wildman–Crippen MR) is 110 cm³/mol. The zero-order valence-electron chi connectivity index (χ0n) is 16.1. The van der Waals surface area contributed by atoms with Crippen molar-refractivity contribution in [2.45, 2.75) is 32.7 Å². The van der Waals surface area contributed by atoms with Gasteiger partial charge in [-0.25, -0.2) is 9.67 Å². The van der Waals surface area contributed by atoms with Crippen molar-refractivity contribution in [1.29, 1.82) is 0 Å². The maximum atomic E-state index is 13.0. The number of rotatable bonds is 5. The Labute approximate surface area is 165 Å². The van der Waals surface area contributed by atoms with E-state index < -0.39 is 0 Å². The molecule has 1 N–H and O–H groups in total. The van der Waals surface area contributed by atoms with Crippen LogP contribution in [0.4, 0.5) is 5.82 Å². The molecule has 3 aromatic rings. The van der Waals surface area contributed by atoms with E-state index in [4.69, 9.17) is 0 Å². The van der Waals surface area contributed by atoms with Gasteiger partial charge in [-0.2, -0.15) is 5.10 Å². The first kappa shape index (κ1) is 18.2. The molecular formula is C22H25N5O. The number of nitrogens with zero attached hydrogens (tertiary/aromatic N) is 4. The molecule has 1 aliphatic rings. The van der Waals surface area contributed by atoms with Gasteiger partial charge in [0.15, 0.2) is 0 Å². The number of hydrogen-bond acceptors (Lipinski definition) is 4. The summed E-state index contributed by atoms with van der Waals surface area (Å²) in [5.41, 5.74) is 3.72. The molecular weight excluding hydrogens is 350 g/mol. The Balaban J connectivity index is 1.54. The molecule has 4 rings (SSSR count). The van der Waals surface area contributed by atoms with E-state index in [2.05, 4.69) is 21.5 Å². The lowest BCUT2D eigenvalue weighted by molar-refractivity contribution is 0.0725. The molecule has 1 aliphatic heterocycles. The highest BCUT2D eigenvalue weighted by Gasteiger charge is 2.21. The number of para-hydroxylation sites is 1. The molecule has 0 spiro atoms. The number of nitrogens with one attached hydrogen (secondary N) is 1. The molecule has 1 aromatic carbocycles. The van der Waals surface area contributed by atoms with Crippen LogP contribution in [0.3, 0.4) is 0 Å². The first-order valence-corrected chi connectivity index (χ1v) is 9.81. The Morgan fingerprint density at radius 3 is 2.68 bits per heavy atom. The van der Waals surface area contributed by atoms with E-state index in [0.717, 1.165) is 42.9 Å². The standard InChI is InChI=1S/C22H25N5O/c1-17-11-15-27(25-17)20-10-4-3-8-18(20)16-24-21-19(9-7-12-23-21)22(28)26-13-5-2-6-14-26/h3-4,7-12,15H,2,5-6,13-14,16H2,1H3,(H,23,24). The average molecular weight is 375 g/mol. The molecule has 1 fully saturated rings. The summed E-state index contributed by atoms with van der Waals surface area (Å²) in [6.07, 6.45) is 7.03. The fourth-order valence-corrected chi connectivity index (χ4v) is 3.60. The molecule has 3 heterocycles. The maximum Gasteiger partial charge on any atom is 0.257 e. The van der Waals surface area contributed by atoms with Crippen molar-refractivity contribution >= 4 is 11.7 Å². The van der Waals surface area contributed by atoms with Crippen molar-refractivity contribution in [2.24, 2.45) is 0 Å². The first-order valence-electron chi connectivity index (χ1n) is 9.81. The summed E-state index contributed by atoms with van der Waals surface area (Å²) >= 11 is 0. The monoisotopic (exact) mass is 375 g/mol. The lowest BCUT2D eigenvalue weighted by Crippen LogP contribution is -2.36. The van der Waals surface area contributed by atoms with Gasteiger partial charge in [0, 0.05) is 32.0 Å². The topological polar surface area (TPSA) is 63.1 Å². The van der Waals surface area contributed by atoms with Crippen molar-refractivity contribution in [3.05, 3.63) is 71.7 Å². The van der Waals surface area contributed by atoms with Gasteiger partial charge in [0.1, 0.15) is 5.82 Å². The number of anilines is 1. The van der Waals surface area contributed by atoms with E-state index in [1.807, 2.05) is 59.1 Å². The van der Waals surface area contributed by atoms with Crippen molar-refractivity contribution < 1.29 is 4.79 Å². The Bertz CT molecular complexity index is 959. The van der Waals surface area contributed by atoms with Crippen molar-refractivity contribution in [3.8, 4) is 5.69 Å². The molecule has 1 amide bonds. The second-order valence-corrected chi connectivity index (χ2v) is 7.14. The second-order valence-electron chi connectivity index (χ2n) is 7.14. The first-order chi connectivity index (χ1) is 13.7. The fraction of sp³-hybridized carbons (Fsp3) is 0.318. The van der Waals surface area contributed by atoms with E-state index in [1.165, 1.54) is 6.42 Å². The summed E-state index contributed by atoms with van der Waals surface area (Å²) in [6, 6.07) is 13.8. The molecule has 0 bridgehead atoms. The van der Waals surface area contributed by atoms with Crippen LogP contribution in [0.5, 0.6) is 0 Å². The minimum Gasteiger partial charge on any atom is -0.365 e. The highest BCUT2D eigenvalue weighted by molar-refractivity contribution is 5.98. The van der Waals surface area contributed by atoms with Gasteiger partial charge in [0.2, 0.25) is 0 Å². The Morgan fingerprint density at radius 2 is 1.89 bits per heavy atom. The van der Waals surface area contributed by atoms with E-state index in [-0.39, 0.29) is 5.91 Å². The molecule has 0 aliphatic carbocycles. The molecule has 6 nitrogen and oxygen atoms in total. The van der Waals surface area contributed by atoms with E-state index in [1.54, 1.807) is 6.20 Å². The van der Waals surface area contributed by atoms with Crippen LogP contribution in [0.2, 0.25) is 0 Å². The third-order valence-electron chi connectivity index (χ3n) is 5.09. The molecule has 2 aromatic heterocycles. The number of hydrogen-bond donors (Lipinski definition) is 1. The van der Waals surface area contributed by atoms with Gasteiger partial charge in [-0.15, -0.1) is 0 Å². The van der Waals surface area contributed by atoms with Gasteiger partial charge in [-0.05, 0) is 56.0 Å². The lowest BCUT2D eigenvalue weighted by atomic mass is 10.1. The lowest BCUT2D eigenvalue weighted by Gasteiger charge is -2.27. The maximum absolute atomic E-state index is 13.0. The van der Waals surface area contributed by atoms with Crippen LogP contribution in [0, 0.1) is 6.92 Å². The molecule has 0 radical (unpaired) electrons. The molecule has 6 heteroatoms. The minimum absolute atomic E-state index is 0.0614. The normalized spacial score (nSPS) is 14.1. The van der Waals surface area contributed by atoms with Crippen LogP contribution in [-0.4, -0.2) is 38.7 Å². The molecule has 0 unspecified atom stereocenters. The largest absolute Gasteiger partial charge is 0.365 e. The SMILES string of the molecule is Cc1ccn(-c2ccccc2CNc2ncccc2C(=O)N2CCCCC2)n1. The van der Waals surface area contributed by atoms with Crippen molar-refractivity contribution in [2.75, 3.05) is 18.4 Å². The van der Waals surface area contributed by atoms with Crippen molar-refractivity contribution in [1.82, 2.24) is 19.7 Å². The number of benzene rings is 1. The smallest absolute Gasteiger partial charge is 0.257 e. The predicted octanol–water partition coefficient (Wildman–Crippen LogP) is 3.81. The Hall–Kier alpha value is -3.15. The summed E-state index contributed by atoms with van der Waals surface area (Å²) in [5.74, 6) is 0.691. The Morgan fingerprint density at radius 1 is 1.07 bits per heavy atom. The second kappa shape index (κ2) is 8.25. The molecule has 0 saturated carbocycles. The summed E-state index contributed by atoms with van der Waals surface area (Å²) in [6.45, 7) is 4.19. The van der Waals surface area contributed by atoms with E-state index >= 15 is 0 Å². The van der Waals surface area contributed by atoms with E-state index in [0.29, 0.717) is 17.9 Å². The summed E-state index contributed by atoms with van der Waals surface area (Å²) in [7, 11) is 0. The number of amides is 1. The number of aryl methyl sites for hydroxylation is 1. The van der Waals surface area contributed by atoms with Crippen LogP contribution < -0.4 is 5.32 Å². The number of carbonyl (C=O) groups is 1. The summed E-state index contributed by atoms with van der Waals surface area (Å²) in [4.78, 5) is 19.3. The van der Waals surface area contributed by atoms with Gasteiger partial charge in [-0.3, -0.25) is 4.79 Å². The van der Waals surface area contributed by atoms with Crippen molar-refractivity contribution in [3.63, 3.8) is 0 Å². The van der Waals surface area contributed by atoms with Gasteiger partial charge >= 0.3 is 0 Å². The van der Waals surface area contributed by atoms with Crippen LogP contribution >= 0.6 is 0 Å².